The summed E-state index contributed by atoms with van der Waals surface area (Å²) in [6.45, 7) is 3.66. The molecule has 1 aliphatic rings. The van der Waals surface area contributed by atoms with Gasteiger partial charge < -0.3 is 34.2 Å². The number of fused-ring (bicyclic) bond motifs is 2. The van der Waals surface area contributed by atoms with Gasteiger partial charge in [-0.25, -0.2) is 0 Å². The predicted octanol–water partition coefficient (Wildman–Crippen LogP) is 2.97. The third-order valence-corrected chi connectivity index (χ3v) is 4.88. The second-order valence-electron chi connectivity index (χ2n) is 7.47. The van der Waals surface area contributed by atoms with E-state index in [1.165, 1.54) is 0 Å². The van der Waals surface area contributed by atoms with Crippen LogP contribution in [-0.4, -0.2) is 57.8 Å². The van der Waals surface area contributed by atoms with Gasteiger partial charge in [-0.3, -0.25) is 4.79 Å². The van der Waals surface area contributed by atoms with E-state index in [0.29, 0.717) is 55.8 Å². The van der Waals surface area contributed by atoms with Gasteiger partial charge in [0.05, 0.1) is 13.2 Å². The van der Waals surface area contributed by atoms with E-state index in [1.807, 2.05) is 55.5 Å². The van der Waals surface area contributed by atoms with E-state index in [1.54, 1.807) is 0 Å². The van der Waals surface area contributed by atoms with Gasteiger partial charge in [0.1, 0.15) is 38.6 Å². The summed E-state index contributed by atoms with van der Waals surface area (Å²) in [6, 6.07) is 14.8. The molecular formula is C24H31NO7. The Labute approximate surface area is 188 Å². The molecule has 0 spiro atoms. The summed E-state index contributed by atoms with van der Waals surface area (Å²) < 4.78 is 35.5. The van der Waals surface area contributed by atoms with E-state index >= 15 is 0 Å². The van der Waals surface area contributed by atoms with Crippen molar-refractivity contribution in [1.82, 2.24) is 0 Å². The van der Waals surface area contributed by atoms with Crippen LogP contribution in [0.3, 0.4) is 0 Å². The second-order valence-corrected chi connectivity index (χ2v) is 7.47. The number of para-hydroxylation sites is 4. The molecule has 0 atom stereocenters. The number of ether oxygens (including phenoxy) is 6. The fourth-order valence-corrected chi connectivity index (χ4v) is 3.34. The Morgan fingerprint density at radius 3 is 1.75 bits per heavy atom. The maximum Gasteiger partial charge on any atom is 0.243 e. The Hall–Kier alpha value is -2.97. The van der Waals surface area contributed by atoms with Crippen molar-refractivity contribution >= 4 is 5.91 Å². The zero-order chi connectivity index (χ0) is 22.7. The summed E-state index contributed by atoms with van der Waals surface area (Å²) in [4.78, 5) is 11.5. The fourth-order valence-electron chi connectivity index (χ4n) is 3.34. The van der Waals surface area contributed by atoms with Crippen molar-refractivity contribution in [2.24, 2.45) is 5.73 Å². The number of carbonyl (C=O) groups excluding carboxylic acids is 1. The Morgan fingerprint density at radius 2 is 1.31 bits per heavy atom. The largest absolute Gasteiger partial charge is 0.487 e. The number of primary amides is 1. The first-order valence-corrected chi connectivity index (χ1v) is 10.8. The molecule has 1 aliphatic heterocycles. The van der Waals surface area contributed by atoms with Crippen molar-refractivity contribution in [3.63, 3.8) is 0 Å². The molecule has 0 fully saturated rings. The number of hydrogen-bond acceptors (Lipinski definition) is 7. The molecule has 2 aromatic carbocycles. The number of hydrogen-bond donors (Lipinski definition) is 1. The van der Waals surface area contributed by atoms with Crippen LogP contribution in [0.5, 0.6) is 23.0 Å². The van der Waals surface area contributed by atoms with E-state index < -0.39 is 11.5 Å². The molecule has 1 heterocycles. The van der Waals surface area contributed by atoms with Crippen LogP contribution in [0.4, 0.5) is 0 Å². The van der Waals surface area contributed by atoms with Gasteiger partial charge in [-0.2, -0.15) is 0 Å². The lowest BCUT2D eigenvalue weighted by Crippen LogP contribution is -2.46. The van der Waals surface area contributed by atoms with Gasteiger partial charge in [0, 0.05) is 0 Å². The third-order valence-electron chi connectivity index (χ3n) is 4.88. The molecule has 2 N–H and O–H groups in total. The zero-order valence-corrected chi connectivity index (χ0v) is 18.4. The highest BCUT2D eigenvalue weighted by atomic mass is 16.6. The van der Waals surface area contributed by atoms with Crippen LogP contribution in [0.15, 0.2) is 48.5 Å². The minimum atomic E-state index is -0.899. The van der Waals surface area contributed by atoms with Crippen LogP contribution in [0.25, 0.3) is 0 Å². The van der Waals surface area contributed by atoms with Crippen LogP contribution >= 0.6 is 0 Å². The molecule has 32 heavy (non-hydrogen) atoms. The van der Waals surface area contributed by atoms with Gasteiger partial charge >= 0.3 is 0 Å². The summed E-state index contributed by atoms with van der Waals surface area (Å²) in [6.07, 6.45) is 1.39. The average molecular weight is 446 g/mol. The first-order chi connectivity index (χ1) is 15.6. The monoisotopic (exact) mass is 445 g/mol. The maximum absolute atomic E-state index is 11.5. The number of amides is 1. The van der Waals surface area contributed by atoms with E-state index in [4.69, 9.17) is 34.2 Å². The highest BCUT2D eigenvalue weighted by Gasteiger charge is 2.34. The standard InChI is InChI=1S/C24H31NO7/c1-2-11-24(32-16-23(25)26)17-30-21-9-5-3-7-19(21)28-14-12-27-13-15-29-20-8-4-6-10-22(20)31-18-24/h3-10H,2,11-18H2,1H3,(H2,25,26). The summed E-state index contributed by atoms with van der Waals surface area (Å²) in [7, 11) is 0. The normalized spacial score (nSPS) is 16.8. The lowest BCUT2D eigenvalue weighted by atomic mass is 9.99. The number of nitrogens with two attached hydrogens (primary N) is 1. The van der Waals surface area contributed by atoms with Crippen molar-refractivity contribution in [3.8, 4) is 23.0 Å². The first kappa shape index (κ1) is 23.7. The van der Waals surface area contributed by atoms with E-state index in [2.05, 4.69) is 0 Å². The maximum atomic E-state index is 11.5. The highest BCUT2D eigenvalue weighted by molar-refractivity contribution is 5.75. The quantitative estimate of drug-likeness (QED) is 0.755. The zero-order valence-electron chi connectivity index (χ0n) is 18.4. The predicted molar refractivity (Wildman–Crippen MR) is 118 cm³/mol. The highest BCUT2D eigenvalue weighted by Crippen LogP contribution is 2.31. The van der Waals surface area contributed by atoms with Gasteiger partial charge in [-0.15, -0.1) is 0 Å². The third kappa shape index (κ3) is 7.03. The first-order valence-electron chi connectivity index (χ1n) is 10.8. The SMILES string of the molecule is CCCC1(OCC(N)=O)COc2ccccc2OCCOCCOc2ccccc2OC1. The smallest absolute Gasteiger partial charge is 0.243 e. The lowest BCUT2D eigenvalue weighted by Gasteiger charge is -2.33. The van der Waals surface area contributed by atoms with Gasteiger partial charge in [0.25, 0.3) is 0 Å². The topological polar surface area (TPSA) is 98.5 Å². The molecular weight excluding hydrogens is 414 g/mol. The van der Waals surface area contributed by atoms with Crippen molar-refractivity contribution in [3.05, 3.63) is 48.5 Å². The van der Waals surface area contributed by atoms with Gasteiger partial charge in [0.2, 0.25) is 5.91 Å². The van der Waals surface area contributed by atoms with Crippen molar-refractivity contribution in [2.45, 2.75) is 25.4 Å². The number of carbonyl (C=O) groups is 1. The molecule has 0 saturated heterocycles. The molecule has 0 unspecified atom stereocenters. The van der Waals surface area contributed by atoms with Crippen molar-refractivity contribution in [1.29, 1.82) is 0 Å². The van der Waals surface area contributed by atoms with Crippen LogP contribution in [0, 0.1) is 0 Å². The van der Waals surface area contributed by atoms with Crippen molar-refractivity contribution < 1.29 is 33.2 Å². The van der Waals surface area contributed by atoms with Gasteiger partial charge in [0.15, 0.2) is 23.0 Å². The molecule has 8 nitrogen and oxygen atoms in total. The van der Waals surface area contributed by atoms with Gasteiger partial charge in [-0.05, 0) is 30.7 Å². The molecule has 0 bridgehead atoms. The number of rotatable bonds is 5. The molecule has 0 aromatic heterocycles. The second kappa shape index (κ2) is 12.2. The van der Waals surface area contributed by atoms with Crippen LogP contribution in [0.1, 0.15) is 19.8 Å². The van der Waals surface area contributed by atoms with Crippen LogP contribution < -0.4 is 24.7 Å². The molecule has 3 rings (SSSR count). The molecule has 8 heteroatoms. The van der Waals surface area contributed by atoms with Gasteiger partial charge in [-0.1, -0.05) is 37.6 Å². The molecule has 174 valence electrons. The Bertz CT molecular complexity index is 802. The molecule has 0 radical (unpaired) electrons. The Kier molecular flexibility index (Phi) is 9.01. The van der Waals surface area contributed by atoms with Crippen molar-refractivity contribution in [2.75, 3.05) is 46.2 Å². The lowest BCUT2D eigenvalue weighted by molar-refractivity contribution is -0.139. The summed E-state index contributed by atoms with van der Waals surface area (Å²) in [5.74, 6) is 1.80. The average Bonchev–Trinajstić information content (AvgIpc) is 2.80. The van der Waals surface area contributed by atoms with E-state index in [0.717, 1.165) is 6.42 Å². The van der Waals surface area contributed by atoms with Crippen LogP contribution in [0.2, 0.25) is 0 Å². The van der Waals surface area contributed by atoms with E-state index in [9.17, 15) is 4.79 Å². The summed E-state index contributed by atoms with van der Waals surface area (Å²) in [5, 5.41) is 0. The summed E-state index contributed by atoms with van der Waals surface area (Å²) >= 11 is 0. The molecule has 0 saturated carbocycles. The summed E-state index contributed by atoms with van der Waals surface area (Å²) in [5.41, 5.74) is 4.46. The minimum absolute atomic E-state index is 0.147. The molecule has 0 aliphatic carbocycles. The Balaban J connectivity index is 1.88. The van der Waals surface area contributed by atoms with Crippen LogP contribution in [-0.2, 0) is 14.3 Å². The minimum Gasteiger partial charge on any atom is -0.487 e. The number of benzene rings is 2. The van der Waals surface area contributed by atoms with E-state index in [-0.39, 0.29) is 19.8 Å². The Morgan fingerprint density at radius 1 is 0.844 bits per heavy atom. The molecule has 2 aromatic rings. The fraction of sp³-hybridized carbons (Fsp3) is 0.458. The molecule has 1 amide bonds.